The van der Waals surface area contributed by atoms with Crippen LogP contribution in [0.2, 0.25) is 0 Å². The zero-order valence-electron chi connectivity index (χ0n) is 8.43. The van der Waals surface area contributed by atoms with Gasteiger partial charge in [0.05, 0.1) is 12.0 Å². The van der Waals surface area contributed by atoms with Crippen molar-refractivity contribution in [2.75, 3.05) is 7.11 Å². The third kappa shape index (κ3) is 2.23. The molecule has 0 aliphatic carbocycles. The minimum Gasteiger partial charge on any atom is -0.497 e. The summed E-state index contributed by atoms with van der Waals surface area (Å²) < 4.78 is 4.96. The van der Waals surface area contributed by atoms with Crippen molar-refractivity contribution in [2.24, 2.45) is 0 Å². The number of nitrogens with zero attached hydrogens (tertiary/aromatic N) is 2. The summed E-state index contributed by atoms with van der Waals surface area (Å²) in [6.45, 7) is 8.49. The summed E-state index contributed by atoms with van der Waals surface area (Å²) in [5, 5.41) is 10.7. The van der Waals surface area contributed by atoms with Gasteiger partial charge in [0, 0.05) is 13.0 Å². The van der Waals surface area contributed by atoms with Gasteiger partial charge in [-0.1, -0.05) is 0 Å². The predicted molar refractivity (Wildman–Crippen MR) is 54.7 cm³/mol. The second-order valence-electron chi connectivity index (χ2n) is 2.99. The standard InChI is InChI=1S/C10H10N2O3/c1-7(11-2)9-6-8(15-3)4-5-10(9)12(13)14/h4-7H,1,3H3. The Kier molecular flexibility index (Phi) is 3.24. The zero-order valence-corrected chi connectivity index (χ0v) is 8.43. The van der Waals surface area contributed by atoms with E-state index >= 15 is 0 Å². The second-order valence-corrected chi connectivity index (χ2v) is 2.99. The maximum absolute atomic E-state index is 10.7. The summed E-state index contributed by atoms with van der Waals surface area (Å²) in [5.41, 5.74) is 0.341. The molecule has 0 fully saturated rings. The fraction of sp³-hybridized carbons (Fsp3) is 0.300. The molecule has 0 saturated carbocycles. The molecular weight excluding hydrogens is 196 g/mol. The van der Waals surface area contributed by atoms with E-state index in [-0.39, 0.29) is 5.69 Å². The van der Waals surface area contributed by atoms with Gasteiger partial charge in [-0.15, -0.1) is 0 Å². The summed E-state index contributed by atoms with van der Waals surface area (Å²) in [7, 11) is 1.48. The van der Waals surface area contributed by atoms with Crippen molar-refractivity contribution in [1.29, 1.82) is 0 Å². The first-order valence-electron chi connectivity index (χ1n) is 4.29. The molecule has 0 N–H and O–H groups in total. The lowest BCUT2D eigenvalue weighted by molar-refractivity contribution is -0.385. The van der Waals surface area contributed by atoms with Crippen LogP contribution >= 0.6 is 0 Å². The SMILES string of the molecule is [C-]#[N+]C(C)c1cc(OC)ccc1[N+](=O)[O-]. The first-order valence-corrected chi connectivity index (χ1v) is 4.29. The Bertz CT molecular complexity index is 423. The van der Waals surface area contributed by atoms with E-state index in [4.69, 9.17) is 11.3 Å². The van der Waals surface area contributed by atoms with Crippen molar-refractivity contribution in [1.82, 2.24) is 0 Å². The molecule has 0 aliphatic rings. The molecule has 5 nitrogen and oxygen atoms in total. The topological polar surface area (TPSA) is 56.7 Å². The molecule has 0 radical (unpaired) electrons. The Balaban J connectivity index is 3.30. The van der Waals surface area contributed by atoms with Gasteiger partial charge >= 0.3 is 0 Å². The van der Waals surface area contributed by atoms with Crippen molar-refractivity contribution >= 4 is 5.69 Å². The lowest BCUT2D eigenvalue weighted by atomic mass is 10.1. The fourth-order valence-electron chi connectivity index (χ4n) is 1.23. The van der Waals surface area contributed by atoms with Crippen LogP contribution in [0.15, 0.2) is 18.2 Å². The molecule has 0 heterocycles. The smallest absolute Gasteiger partial charge is 0.280 e. The maximum Gasteiger partial charge on any atom is 0.280 e. The maximum atomic E-state index is 10.7. The van der Waals surface area contributed by atoms with Gasteiger partial charge in [0.1, 0.15) is 11.3 Å². The van der Waals surface area contributed by atoms with Crippen LogP contribution in [0, 0.1) is 16.7 Å². The highest BCUT2D eigenvalue weighted by molar-refractivity contribution is 5.47. The van der Waals surface area contributed by atoms with Gasteiger partial charge in [-0.2, -0.15) is 0 Å². The van der Waals surface area contributed by atoms with E-state index in [1.807, 2.05) is 0 Å². The van der Waals surface area contributed by atoms with E-state index in [1.54, 1.807) is 6.92 Å². The molecule has 1 atom stereocenters. The van der Waals surface area contributed by atoms with Gasteiger partial charge in [-0.3, -0.25) is 10.1 Å². The Hall–Kier alpha value is -2.09. The average Bonchev–Trinajstić information content (AvgIpc) is 2.26. The first kappa shape index (κ1) is 11.0. The fourth-order valence-corrected chi connectivity index (χ4v) is 1.23. The first-order chi connectivity index (χ1) is 7.10. The van der Waals surface area contributed by atoms with E-state index in [0.717, 1.165) is 0 Å². The molecule has 1 aromatic carbocycles. The van der Waals surface area contributed by atoms with E-state index in [0.29, 0.717) is 11.3 Å². The Morgan fingerprint density at radius 1 is 1.60 bits per heavy atom. The largest absolute Gasteiger partial charge is 0.497 e. The molecule has 0 aromatic heterocycles. The van der Waals surface area contributed by atoms with Crippen molar-refractivity contribution < 1.29 is 9.66 Å². The molecule has 15 heavy (non-hydrogen) atoms. The monoisotopic (exact) mass is 206 g/mol. The van der Waals surface area contributed by atoms with Crippen LogP contribution in [0.25, 0.3) is 4.85 Å². The van der Waals surface area contributed by atoms with Gasteiger partial charge in [0.15, 0.2) is 0 Å². The minimum atomic E-state index is -0.541. The summed E-state index contributed by atoms with van der Waals surface area (Å²) in [6, 6.07) is 3.86. The van der Waals surface area contributed by atoms with Crippen molar-refractivity contribution in [3.05, 3.63) is 45.3 Å². The summed E-state index contributed by atoms with van der Waals surface area (Å²) in [5.74, 6) is 0.520. The van der Waals surface area contributed by atoms with E-state index in [1.165, 1.54) is 25.3 Å². The van der Waals surface area contributed by atoms with Crippen molar-refractivity contribution in [2.45, 2.75) is 13.0 Å². The number of benzene rings is 1. The molecule has 78 valence electrons. The highest BCUT2D eigenvalue weighted by atomic mass is 16.6. The molecule has 0 bridgehead atoms. The van der Waals surface area contributed by atoms with Crippen LogP contribution in [0.1, 0.15) is 18.5 Å². The summed E-state index contributed by atoms with van der Waals surface area (Å²) in [4.78, 5) is 13.5. The van der Waals surface area contributed by atoms with Crippen LogP contribution in [-0.4, -0.2) is 12.0 Å². The quantitative estimate of drug-likeness (QED) is 0.434. The number of ether oxygens (including phenoxy) is 1. The number of hydrogen-bond acceptors (Lipinski definition) is 3. The molecule has 0 aliphatic heterocycles. The van der Waals surface area contributed by atoms with Crippen LogP contribution in [0.3, 0.4) is 0 Å². The van der Waals surface area contributed by atoms with E-state index in [2.05, 4.69) is 4.85 Å². The van der Waals surface area contributed by atoms with Crippen LogP contribution in [-0.2, 0) is 0 Å². The van der Waals surface area contributed by atoms with Gasteiger partial charge in [-0.25, -0.2) is 6.57 Å². The normalized spacial score (nSPS) is 11.5. The Labute approximate surface area is 87.3 Å². The third-order valence-corrected chi connectivity index (χ3v) is 2.08. The average molecular weight is 206 g/mol. The van der Waals surface area contributed by atoms with Crippen LogP contribution in [0.5, 0.6) is 5.75 Å². The number of methoxy groups -OCH3 is 1. The highest BCUT2D eigenvalue weighted by Gasteiger charge is 2.22. The van der Waals surface area contributed by atoms with Gasteiger partial charge in [0.2, 0.25) is 0 Å². The van der Waals surface area contributed by atoms with Crippen LogP contribution < -0.4 is 4.74 Å². The van der Waals surface area contributed by atoms with Crippen LogP contribution in [0.4, 0.5) is 5.69 Å². The van der Waals surface area contributed by atoms with Crippen molar-refractivity contribution in [3.63, 3.8) is 0 Å². The molecule has 0 amide bonds. The number of nitro groups is 1. The molecule has 1 unspecified atom stereocenters. The van der Waals surface area contributed by atoms with Gasteiger partial charge < -0.3 is 9.58 Å². The van der Waals surface area contributed by atoms with E-state index in [9.17, 15) is 10.1 Å². The molecule has 0 spiro atoms. The Morgan fingerprint density at radius 2 is 2.27 bits per heavy atom. The van der Waals surface area contributed by atoms with E-state index < -0.39 is 11.0 Å². The molecule has 1 rings (SSSR count). The summed E-state index contributed by atoms with van der Waals surface area (Å²) in [6.07, 6.45) is 0. The molecule has 1 aromatic rings. The Morgan fingerprint density at radius 3 is 2.73 bits per heavy atom. The molecule has 5 heteroatoms. The molecule has 0 saturated heterocycles. The van der Waals surface area contributed by atoms with Gasteiger partial charge in [-0.05, 0) is 12.1 Å². The number of rotatable bonds is 3. The lowest BCUT2D eigenvalue weighted by Gasteiger charge is -2.04. The lowest BCUT2D eigenvalue weighted by Crippen LogP contribution is -1.98. The van der Waals surface area contributed by atoms with Gasteiger partial charge in [0.25, 0.3) is 11.7 Å². The number of hydrogen-bond donors (Lipinski definition) is 0. The zero-order chi connectivity index (χ0) is 11.4. The predicted octanol–water partition coefficient (Wildman–Crippen LogP) is 2.58. The summed E-state index contributed by atoms with van der Waals surface area (Å²) >= 11 is 0. The highest BCUT2D eigenvalue weighted by Crippen LogP contribution is 2.30. The second kappa shape index (κ2) is 4.42. The van der Waals surface area contributed by atoms with Crippen molar-refractivity contribution in [3.8, 4) is 5.75 Å². The number of nitro benzene ring substituents is 1. The molecular formula is C10H10N2O3. The minimum absolute atomic E-state index is 0.0423. The third-order valence-electron chi connectivity index (χ3n) is 2.08.